The summed E-state index contributed by atoms with van der Waals surface area (Å²) in [6.07, 6.45) is -0.275. The third kappa shape index (κ3) is 4.52. The van der Waals surface area contributed by atoms with E-state index in [0.717, 1.165) is 0 Å². The Morgan fingerprint density at radius 3 is 2.28 bits per heavy atom. The second-order valence-corrected chi connectivity index (χ2v) is 4.50. The first kappa shape index (κ1) is 14.8. The minimum atomic E-state index is -1.05. The smallest absolute Gasteiger partial charge is 0.305 e. The van der Waals surface area contributed by atoms with Crippen molar-refractivity contribution < 1.29 is 14.7 Å². The van der Waals surface area contributed by atoms with Crippen molar-refractivity contribution in [3.63, 3.8) is 0 Å². The average Bonchev–Trinajstić information content (AvgIpc) is 2.26. The molecule has 0 heterocycles. The topological polar surface area (TPSA) is 92.4 Å². The van der Waals surface area contributed by atoms with Crippen LogP contribution < -0.4 is 11.1 Å². The number of amides is 1. The summed E-state index contributed by atoms with van der Waals surface area (Å²) in [5.74, 6) is -1.49. The SMILES string of the molecule is NCC(=O)NC(CC(=O)O)c1cc(Cl)cc(Cl)c1. The van der Waals surface area contributed by atoms with E-state index in [0.29, 0.717) is 15.6 Å². The van der Waals surface area contributed by atoms with Gasteiger partial charge < -0.3 is 16.2 Å². The van der Waals surface area contributed by atoms with Crippen LogP contribution in [0.2, 0.25) is 10.0 Å². The number of carboxylic acids is 1. The second-order valence-electron chi connectivity index (χ2n) is 3.62. The van der Waals surface area contributed by atoms with Gasteiger partial charge in [-0.1, -0.05) is 23.2 Å². The van der Waals surface area contributed by atoms with Gasteiger partial charge in [0.25, 0.3) is 0 Å². The molecule has 98 valence electrons. The number of benzene rings is 1. The molecule has 0 aliphatic carbocycles. The molecule has 1 aromatic carbocycles. The third-order valence-corrected chi connectivity index (χ3v) is 2.62. The fraction of sp³-hybridized carbons (Fsp3) is 0.273. The Bertz CT molecular complexity index is 445. The van der Waals surface area contributed by atoms with E-state index in [2.05, 4.69) is 5.32 Å². The Hall–Kier alpha value is -1.30. The van der Waals surface area contributed by atoms with Gasteiger partial charge in [0, 0.05) is 10.0 Å². The highest BCUT2D eigenvalue weighted by atomic mass is 35.5. The summed E-state index contributed by atoms with van der Waals surface area (Å²) in [5.41, 5.74) is 5.70. The van der Waals surface area contributed by atoms with Crippen LogP contribution in [-0.4, -0.2) is 23.5 Å². The standard InChI is InChI=1S/C11H12Cl2N2O3/c12-7-1-6(2-8(13)3-7)9(4-11(17)18)15-10(16)5-14/h1-3,9H,4-5,14H2,(H,15,16)(H,17,18). The monoisotopic (exact) mass is 290 g/mol. The molecule has 0 saturated heterocycles. The van der Waals surface area contributed by atoms with Crippen LogP contribution in [0.4, 0.5) is 0 Å². The zero-order valence-corrected chi connectivity index (χ0v) is 10.8. The third-order valence-electron chi connectivity index (χ3n) is 2.19. The lowest BCUT2D eigenvalue weighted by Gasteiger charge is -2.17. The Morgan fingerprint density at radius 2 is 1.83 bits per heavy atom. The minimum Gasteiger partial charge on any atom is -0.481 e. The molecule has 0 bridgehead atoms. The Kier molecular flexibility index (Phi) is 5.40. The lowest BCUT2D eigenvalue weighted by atomic mass is 10.0. The normalized spacial score (nSPS) is 11.9. The van der Waals surface area contributed by atoms with Crippen LogP contribution >= 0.6 is 23.2 Å². The molecule has 0 spiro atoms. The van der Waals surface area contributed by atoms with Crippen molar-refractivity contribution >= 4 is 35.1 Å². The van der Waals surface area contributed by atoms with Crippen molar-refractivity contribution in [2.24, 2.45) is 5.73 Å². The summed E-state index contributed by atoms with van der Waals surface area (Å²) >= 11 is 11.7. The number of aliphatic carboxylic acids is 1. The molecule has 0 saturated carbocycles. The van der Waals surface area contributed by atoms with Gasteiger partial charge in [-0.15, -0.1) is 0 Å². The molecule has 18 heavy (non-hydrogen) atoms. The molecular weight excluding hydrogens is 279 g/mol. The van der Waals surface area contributed by atoms with Crippen molar-refractivity contribution in [1.29, 1.82) is 0 Å². The lowest BCUT2D eigenvalue weighted by molar-refractivity contribution is -0.137. The average molecular weight is 291 g/mol. The van der Waals surface area contributed by atoms with E-state index in [4.69, 9.17) is 34.0 Å². The summed E-state index contributed by atoms with van der Waals surface area (Å²) in [6, 6.07) is 3.92. The Balaban J connectivity index is 3.00. The number of hydrogen-bond donors (Lipinski definition) is 3. The van der Waals surface area contributed by atoms with Gasteiger partial charge in [-0.3, -0.25) is 9.59 Å². The number of halogens is 2. The molecule has 0 aliphatic rings. The van der Waals surface area contributed by atoms with Gasteiger partial charge in [0.1, 0.15) is 0 Å². The molecule has 1 unspecified atom stereocenters. The quantitative estimate of drug-likeness (QED) is 0.768. The fourth-order valence-corrected chi connectivity index (χ4v) is 2.00. The molecule has 0 aromatic heterocycles. The zero-order chi connectivity index (χ0) is 13.7. The molecule has 0 radical (unpaired) electrons. The van der Waals surface area contributed by atoms with Crippen molar-refractivity contribution in [3.05, 3.63) is 33.8 Å². The molecule has 7 heteroatoms. The van der Waals surface area contributed by atoms with Crippen LogP contribution in [0.1, 0.15) is 18.0 Å². The van der Waals surface area contributed by atoms with Crippen LogP contribution in [-0.2, 0) is 9.59 Å². The van der Waals surface area contributed by atoms with E-state index in [1.165, 1.54) is 6.07 Å². The summed E-state index contributed by atoms with van der Waals surface area (Å²) in [5, 5.41) is 12.1. The molecule has 1 amide bonds. The Labute approximate surface area is 114 Å². The molecule has 1 rings (SSSR count). The van der Waals surface area contributed by atoms with E-state index in [-0.39, 0.29) is 13.0 Å². The lowest BCUT2D eigenvalue weighted by Crippen LogP contribution is -2.34. The molecule has 0 fully saturated rings. The van der Waals surface area contributed by atoms with Crippen molar-refractivity contribution in [3.8, 4) is 0 Å². The zero-order valence-electron chi connectivity index (χ0n) is 9.32. The van der Waals surface area contributed by atoms with Crippen molar-refractivity contribution in [2.75, 3.05) is 6.54 Å². The van der Waals surface area contributed by atoms with Gasteiger partial charge in [-0.25, -0.2) is 0 Å². The predicted molar refractivity (Wildman–Crippen MR) is 68.7 cm³/mol. The molecule has 0 aliphatic heterocycles. The van der Waals surface area contributed by atoms with Crippen molar-refractivity contribution in [1.82, 2.24) is 5.32 Å². The second kappa shape index (κ2) is 6.58. The van der Waals surface area contributed by atoms with E-state index in [9.17, 15) is 9.59 Å². The van der Waals surface area contributed by atoms with Gasteiger partial charge in [0.2, 0.25) is 5.91 Å². The molecule has 5 nitrogen and oxygen atoms in total. The number of carboxylic acid groups (broad SMARTS) is 1. The highest BCUT2D eigenvalue weighted by molar-refractivity contribution is 6.34. The number of carbonyl (C=O) groups excluding carboxylic acids is 1. The van der Waals surface area contributed by atoms with Crippen LogP contribution in [0.15, 0.2) is 18.2 Å². The Morgan fingerprint density at radius 1 is 1.28 bits per heavy atom. The van der Waals surface area contributed by atoms with Gasteiger partial charge in [0.05, 0.1) is 19.0 Å². The van der Waals surface area contributed by atoms with Crippen LogP contribution in [0.25, 0.3) is 0 Å². The van der Waals surface area contributed by atoms with Crippen molar-refractivity contribution in [2.45, 2.75) is 12.5 Å². The highest BCUT2D eigenvalue weighted by Crippen LogP contribution is 2.25. The first-order valence-electron chi connectivity index (χ1n) is 5.09. The minimum absolute atomic E-state index is 0.218. The maximum Gasteiger partial charge on any atom is 0.305 e. The maximum atomic E-state index is 11.3. The van der Waals surface area contributed by atoms with E-state index in [1.54, 1.807) is 12.1 Å². The molecule has 1 aromatic rings. The van der Waals surface area contributed by atoms with Gasteiger partial charge in [-0.05, 0) is 23.8 Å². The maximum absolute atomic E-state index is 11.3. The molecule has 1 atom stereocenters. The fourth-order valence-electron chi connectivity index (χ4n) is 1.46. The van der Waals surface area contributed by atoms with Crippen LogP contribution in [0.5, 0.6) is 0 Å². The summed E-state index contributed by atoms with van der Waals surface area (Å²) < 4.78 is 0. The number of nitrogens with one attached hydrogen (secondary N) is 1. The van der Waals surface area contributed by atoms with Gasteiger partial charge in [-0.2, -0.15) is 0 Å². The summed E-state index contributed by atoms with van der Waals surface area (Å²) in [7, 11) is 0. The van der Waals surface area contributed by atoms with E-state index in [1.807, 2.05) is 0 Å². The summed E-state index contributed by atoms with van der Waals surface area (Å²) in [4.78, 5) is 22.0. The number of nitrogens with two attached hydrogens (primary N) is 1. The number of carbonyl (C=O) groups is 2. The highest BCUT2D eigenvalue weighted by Gasteiger charge is 2.18. The van der Waals surface area contributed by atoms with Gasteiger partial charge in [0.15, 0.2) is 0 Å². The van der Waals surface area contributed by atoms with Crippen LogP contribution in [0, 0.1) is 0 Å². The molecule has 4 N–H and O–H groups in total. The van der Waals surface area contributed by atoms with E-state index < -0.39 is 17.9 Å². The summed E-state index contributed by atoms with van der Waals surface area (Å²) in [6.45, 7) is -0.218. The first-order valence-corrected chi connectivity index (χ1v) is 5.85. The number of hydrogen-bond acceptors (Lipinski definition) is 3. The van der Waals surface area contributed by atoms with Gasteiger partial charge >= 0.3 is 5.97 Å². The first-order chi connectivity index (χ1) is 8.42. The van der Waals surface area contributed by atoms with E-state index >= 15 is 0 Å². The molecular formula is C11H12Cl2N2O3. The number of rotatable bonds is 5. The predicted octanol–water partition coefficient (Wildman–Crippen LogP) is 1.58. The largest absolute Gasteiger partial charge is 0.481 e. The van der Waals surface area contributed by atoms with Crippen LogP contribution in [0.3, 0.4) is 0 Å².